The SMILES string of the molecule is CC(=O)c1cccc(OCc2cccc(F)c2Br)c1. The highest BCUT2D eigenvalue weighted by Gasteiger charge is 2.06. The van der Waals surface area contributed by atoms with Gasteiger partial charge in [0.1, 0.15) is 18.2 Å². The van der Waals surface area contributed by atoms with E-state index in [9.17, 15) is 9.18 Å². The largest absolute Gasteiger partial charge is 0.489 e. The second-order valence-electron chi connectivity index (χ2n) is 4.09. The van der Waals surface area contributed by atoms with Crippen LogP contribution < -0.4 is 4.74 Å². The van der Waals surface area contributed by atoms with Crippen molar-refractivity contribution in [2.75, 3.05) is 0 Å². The van der Waals surface area contributed by atoms with Gasteiger partial charge in [-0.25, -0.2) is 4.39 Å². The predicted molar refractivity (Wildman–Crippen MR) is 74.9 cm³/mol. The lowest BCUT2D eigenvalue weighted by atomic mass is 10.1. The van der Waals surface area contributed by atoms with Crippen molar-refractivity contribution >= 4 is 21.7 Å². The number of hydrogen-bond donors (Lipinski definition) is 0. The molecule has 0 fully saturated rings. The number of Topliss-reactive ketones (excluding diaryl/α,β-unsaturated/α-hetero) is 1. The van der Waals surface area contributed by atoms with E-state index < -0.39 is 0 Å². The molecule has 2 aromatic carbocycles. The van der Waals surface area contributed by atoms with Crippen molar-refractivity contribution in [1.29, 1.82) is 0 Å². The molecule has 0 saturated heterocycles. The van der Waals surface area contributed by atoms with Crippen LogP contribution in [0.2, 0.25) is 0 Å². The van der Waals surface area contributed by atoms with E-state index >= 15 is 0 Å². The summed E-state index contributed by atoms with van der Waals surface area (Å²) in [6, 6.07) is 11.7. The molecule has 0 spiro atoms. The summed E-state index contributed by atoms with van der Waals surface area (Å²) in [5, 5.41) is 0. The number of rotatable bonds is 4. The highest BCUT2D eigenvalue weighted by molar-refractivity contribution is 9.10. The van der Waals surface area contributed by atoms with Crippen LogP contribution in [0.4, 0.5) is 4.39 Å². The molecule has 0 aliphatic heterocycles. The van der Waals surface area contributed by atoms with Crippen molar-refractivity contribution in [2.45, 2.75) is 13.5 Å². The average molecular weight is 323 g/mol. The van der Waals surface area contributed by atoms with E-state index in [2.05, 4.69) is 15.9 Å². The summed E-state index contributed by atoms with van der Waals surface area (Å²) in [6.45, 7) is 1.74. The molecule has 0 heterocycles. The Bertz CT molecular complexity index is 611. The van der Waals surface area contributed by atoms with E-state index in [0.29, 0.717) is 21.3 Å². The summed E-state index contributed by atoms with van der Waals surface area (Å²) < 4.78 is 19.3. The maximum absolute atomic E-state index is 13.3. The molecule has 4 heteroatoms. The van der Waals surface area contributed by atoms with Gasteiger partial charge in [0, 0.05) is 11.1 Å². The van der Waals surface area contributed by atoms with Gasteiger partial charge in [0.25, 0.3) is 0 Å². The monoisotopic (exact) mass is 322 g/mol. The lowest BCUT2D eigenvalue weighted by Crippen LogP contribution is -1.99. The normalized spacial score (nSPS) is 10.3. The Labute approximate surface area is 119 Å². The molecule has 0 atom stereocenters. The van der Waals surface area contributed by atoms with E-state index in [1.165, 1.54) is 13.0 Å². The van der Waals surface area contributed by atoms with Crippen LogP contribution in [0.3, 0.4) is 0 Å². The first-order valence-electron chi connectivity index (χ1n) is 5.74. The first-order chi connectivity index (χ1) is 9.08. The van der Waals surface area contributed by atoms with Crippen molar-refractivity contribution in [3.05, 3.63) is 63.9 Å². The Morgan fingerprint density at radius 3 is 2.74 bits per heavy atom. The highest BCUT2D eigenvalue weighted by atomic mass is 79.9. The zero-order valence-electron chi connectivity index (χ0n) is 10.3. The summed E-state index contributed by atoms with van der Waals surface area (Å²) in [5.74, 6) is 0.250. The molecule has 0 aromatic heterocycles. The van der Waals surface area contributed by atoms with Gasteiger partial charge >= 0.3 is 0 Å². The molecule has 0 amide bonds. The Morgan fingerprint density at radius 2 is 2.00 bits per heavy atom. The van der Waals surface area contributed by atoms with Gasteiger partial charge in [0.05, 0.1) is 4.47 Å². The summed E-state index contributed by atoms with van der Waals surface area (Å²) in [7, 11) is 0. The number of carbonyl (C=O) groups excluding carboxylic acids is 1. The summed E-state index contributed by atoms with van der Waals surface area (Å²) >= 11 is 3.18. The third-order valence-electron chi connectivity index (χ3n) is 2.67. The third-order valence-corrected chi connectivity index (χ3v) is 3.55. The van der Waals surface area contributed by atoms with Crippen molar-refractivity contribution in [3.63, 3.8) is 0 Å². The smallest absolute Gasteiger partial charge is 0.159 e. The van der Waals surface area contributed by atoms with Gasteiger partial charge < -0.3 is 4.74 Å². The van der Waals surface area contributed by atoms with Gasteiger partial charge in [-0.3, -0.25) is 4.79 Å². The van der Waals surface area contributed by atoms with Gasteiger partial charge in [-0.15, -0.1) is 0 Å². The fraction of sp³-hybridized carbons (Fsp3) is 0.133. The number of hydrogen-bond acceptors (Lipinski definition) is 2. The molecule has 19 heavy (non-hydrogen) atoms. The fourth-order valence-electron chi connectivity index (χ4n) is 1.63. The lowest BCUT2D eigenvalue weighted by molar-refractivity contribution is 0.101. The molecule has 2 nitrogen and oxygen atoms in total. The Balaban J connectivity index is 2.12. The molecule has 0 N–H and O–H groups in total. The van der Waals surface area contributed by atoms with E-state index in [1.807, 2.05) is 0 Å². The van der Waals surface area contributed by atoms with Crippen LogP contribution in [-0.2, 0) is 6.61 Å². The number of halogens is 2. The van der Waals surface area contributed by atoms with Crippen molar-refractivity contribution in [1.82, 2.24) is 0 Å². The van der Waals surface area contributed by atoms with Crippen LogP contribution in [0.5, 0.6) is 5.75 Å². The fourth-order valence-corrected chi connectivity index (χ4v) is 2.00. The average Bonchev–Trinajstić information content (AvgIpc) is 2.41. The minimum Gasteiger partial charge on any atom is -0.489 e. The molecule has 0 radical (unpaired) electrons. The third kappa shape index (κ3) is 3.41. The van der Waals surface area contributed by atoms with E-state index in [1.54, 1.807) is 36.4 Å². The van der Waals surface area contributed by atoms with Gasteiger partial charge in [0.15, 0.2) is 5.78 Å². The molecule has 0 saturated carbocycles. The molecule has 0 aliphatic carbocycles. The van der Waals surface area contributed by atoms with Crippen molar-refractivity contribution < 1.29 is 13.9 Å². The van der Waals surface area contributed by atoms with E-state index in [0.717, 1.165) is 0 Å². The molecular weight excluding hydrogens is 311 g/mol. The Kier molecular flexibility index (Phi) is 4.32. The number of ether oxygens (including phenoxy) is 1. The predicted octanol–water partition coefficient (Wildman–Crippen LogP) is 4.37. The van der Waals surface area contributed by atoms with Crippen LogP contribution >= 0.6 is 15.9 Å². The van der Waals surface area contributed by atoms with Crippen LogP contribution in [0.1, 0.15) is 22.8 Å². The van der Waals surface area contributed by atoms with Crippen LogP contribution in [0.15, 0.2) is 46.9 Å². The van der Waals surface area contributed by atoms with Gasteiger partial charge in [0.2, 0.25) is 0 Å². The first kappa shape index (κ1) is 13.7. The molecule has 98 valence electrons. The Morgan fingerprint density at radius 1 is 1.26 bits per heavy atom. The van der Waals surface area contributed by atoms with Gasteiger partial charge in [-0.2, -0.15) is 0 Å². The van der Waals surface area contributed by atoms with Gasteiger partial charge in [-0.1, -0.05) is 24.3 Å². The standard InChI is InChI=1S/C15H12BrFO2/c1-10(18)11-4-2-6-13(8-11)19-9-12-5-3-7-14(17)15(12)16/h2-8H,9H2,1H3. The van der Waals surface area contributed by atoms with Crippen LogP contribution in [-0.4, -0.2) is 5.78 Å². The second-order valence-corrected chi connectivity index (χ2v) is 4.88. The molecule has 0 unspecified atom stereocenters. The van der Waals surface area contributed by atoms with Crippen LogP contribution in [0.25, 0.3) is 0 Å². The molecule has 0 aliphatic rings. The zero-order chi connectivity index (χ0) is 13.8. The van der Waals surface area contributed by atoms with Crippen LogP contribution in [0, 0.1) is 5.82 Å². The molecule has 2 rings (SSSR count). The van der Waals surface area contributed by atoms with Crippen molar-refractivity contribution in [3.8, 4) is 5.75 Å². The highest BCUT2D eigenvalue weighted by Crippen LogP contribution is 2.22. The lowest BCUT2D eigenvalue weighted by Gasteiger charge is -2.09. The number of benzene rings is 2. The first-order valence-corrected chi connectivity index (χ1v) is 6.54. The minimum atomic E-state index is -0.321. The summed E-state index contributed by atoms with van der Waals surface area (Å²) in [5.41, 5.74) is 1.31. The molecule has 0 bridgehead atoms. The number of carbonyl (C=O) groups is 1. The molecule has 2 aromatic rings. The topological polar surface area (TPSA) is 26.3 Å². The summed E-state index contributed by atoms with van der Waals surface area (Å²) in [4.78, 5) is 11.3. The van der Waals surface area contributed by atoms with E-state index in [-0.39, 0.29) is 18.2 Å². The number of ketones is 1. The zero-order valence-corrected chi connectivity index (χ0v) is 11.9. The van der Waals surface area contributed by atoms with E-state index in [4.69, 9.17) is 4.74 Å². The van der Waals surface area contributed by atoms with Crippen molar-refractivity contribution in [2.24, 2.45) is 0 Å². The molecular formula is C15H12BrFO2. The second kappa shape index (κ2) is 5.97. The quantitative estimate of drug-likeness (QED) is 0.781. The van der Waals surface area contributed by atoms with Gasteiger partial charge in [-0.05, 0) is 41.1 Å². The Hall–Kier alpha value is -1.68. The summed E-state index contributed by atoms with van der Waals surface area (Å²) in [6.07, 6.45) is 0. The minimum absolute atomic E-state index is 0.0163. The maximum atomic E-state index is 13.3. The maximum Gasteiger partial charge on any atom is 0.159 e.